The van der Waals surface area contributed by atoms with Crippen LogP contribution >= 0.6 is 0 Å². The summed E-state index contributed by atoms with van der Waals surface area (Å²) in [5, 5.41) is 3.63. The van der Waals surface area contributed by atoms with Gasteiger partial charge in [0.05, 0.1) is 19.3 Å². The molecule has 0 aliphatic carbocycles. The van der Waals surface area contributed by atoms with Crippen LogP contribution in [0.15, 0.2) is 24.3 Å². The van der Waals surface area contributed by atoms with Crippen molar-refractivity contribution < 1.29 is 9.47 Å². The van der Waals surface area contributed by atoms with E-state index in [0.717, 1.165) is 39.2 Å². The molecule has 0 bridgehead atoms. The van der Waals surface area contributed by atoms with E-state index in [1.807, 2.05) is 0 Å². The van der Waals surface area contributed by atoms with Crippen molar-refractivity contribution in [3.63, 3.8) is 0 Å². The lowest BCUT2D eigenvalue weighted by Crippen LogP contribution is -2.44. The molecule has 1 N–H and O–H groups in total. The minimum absolute atomic E-state index is 0.177. The predicted molar refractivity (Wildman–Crippen MR) is 75.2 cm³/mol. The Balaban J connectivity index is 1.86. The van der Waals surface area contributed by atoms with Crippen molar-refractivity contribution in [3.05, 3.63) is 35.4 Å². The lowest BCUT2D eigenvalue weighted by atomic mass is 9.86. The lowest BCUT2D eigenvalue weighted by Gasteiger charge is -2.35. The molecule has 2 aliphatic heterocycles. The summed E-state index contributed by atoms with van der Waals surface area (Å²) in [7, 11) is 0. The van der Waals surface area contributed by atoms with E-state index in [4.69, 9.17) is 9.47 Å². The molecule has 3 heteroatoms. The van der Waals surface area contributed by atoms with Gasteiger partial charge in [-0.3, -0.25) is 0 Å². The fourth-order valence-electron chi connectivity index (χ4n) is 3.31. The molecule has 3 rings (SSSR count). The van der Waals surface area contributed by atoms with E-state index in [1.54, 1.807) is 0 Å². The lowest BCUT2D eigenvalue weighted by molar-refractivity contribution is -0.00138. The van der Waals surface area contributed by atoms with Crippen LogP contribution in [0.2, 0.25) is 0 Å². The highest BCUT2D eigenvalue weighted by Gasteiger charge is 2.35. The van der Waals surface area contributed by atoms with E-state index in [9.17, 15) is 0 Å². The average Bonchev–Trinajstić information content (AvgIpc) is 2.98. The van der Waals surface area contributed by atoms with Gasteiger partial charge in [-0.05, 0) is 30.5 Å². The molecule has 0 radical (unpaired) electrons. The zero-order valence-corrected chi connectivity index (χ0v) is 11.6. The van der Waals surface area contributed by atoms with Crippen LogP contribution in [0.1, 0.15) is 30.6 Å². The molecule has 3 nitrogen and oxygen atoms in total. The first-order valence-electron chi connectivity index (χ1n) is 7.40. The summed E-state index contributed by atoms with van der Waals surface area (Å²) in [4.78, 5) is 0. The van der Waals surface area contributed by atoms with E-state index in [0.29, 0.717) is 12.0 Å². The van der Waals surface area contributed by atoms with Crippen LogP contribution in [0, 0.1) is 5.92 Å². The highest BCUT2D eigenvalue weighted by atomic mass is 16.5. The van der Waals surface area contributed by atoms with Crippen molar-refractivity contribution in [2.75, 3.05) is 26.4 Å². The monoisotopic (exact) mass is 261 g/mol. The number of hydrogen-bond acceptors (Lipinski definition) is 3. The Morgan fingerprint density at radius 2 is 2.21 bits per heavy atom. The smallest absolute Gasteiger partial charge is 0.0984 e. The van der Waals surface area contributed by atoms with E-state index in [1.165, 1.54) is 11.1 Å². The van der Waals surface area contributed by atoms with Crippen molar-refractivity contribution in [1.82, 2.24) is 5.32 Å². The summed E-state index contributed by atoms with van der Waals surface area (Å²) in [5.41, 5.74) is 2.81. The first kappa shape index (κ1) is 13.1. The van der Waals surface area contributed by atoms with Gasteiger partial charge in [-0.1, -0.05) is 31.2 Å². The molecule has 1 fully saturated rings. The fourth-order valence-corrected chi connectivity index (χ4v) is 3.31. The molecular weight excluding hydrogens is 238 g/mol. The summed E-state index contributed by atoms with van der Waals surface area (Å²) in [5.74, 6) is 0.566. The third-order valence-corrected chi connectivity index (χ3v) is 4.27. The van der Waals surface area contributed by atoms with Gasteiger partial charge in [0.15, 0.2) is 0 Å². The maximum atomic E-state index is 6.11. The molecule has 19 heavy (non-hydrogen) atoms. The van der Waals surface area contributed by atoms with Crippen LogP contribution in [-0.2, 0) is 15.9 Å². The Labute approximate surface area is 115 Å². The van der Waals surface area contributed by atoms with Crippen LogP contribution in [0.5, 0.6) is 0 Å². The summed E-state index contributed by atoms with van der Waals surface area (Å²) >= 11 is 0. The van der Waals surface area contributed by atoms with Gasteiger partial charge in [-0.25, -0.2) is 0 Å². The molecule has 0 spiro atoms. The van der Waals surface area contributed by atoms with Gasteiger partial charge in [0.2, 0.25) is 0 Å². The second-order valence-electron chi connectivity index (χ2n) is 5.45. The molecule has 1 aromatic carbocycles. The summed E-state index contributed by atoms with van der Waals surface area (Å²) in [6.45, 7) is 5.72. The highest BCUT2D eigenvalue weighted by Crippen LogP contribution is 2.34. The molecular formula is C16H23NO2. The maximum Gasteiger partial charge on any atom is 0.0984 e. The Morgan fingerprint density at radius 1 is 1.32 bits per heavy atom. The normalized spacial score (nSPS) is 28.1. The third kappa shape index (κ3) is 2.69. The summed E-state index contributed by atoms with van der Waals surface area (Å²) in [6, 6.07) is 9.07. The number of hydrogen-bond donors (Lipinski definition) is 1. The SMILES string of the molecule is CCNC(C1CCOC1)C1OCCc2ccccc21. The molecule has 2 aliphatic rings. The van der Waals surface area contributed by atoms with Gasteiger partial charge in [-0.2, -0.15) is 0 Å². The molecule has 2 heterocycles. The van der Waals surface area contributed by atoms with Crippen molar-refractivity contribution >= 4 is 0 Å². The zero-order chi connectivity index (χ0) is 13.1. The number of likely N-dealkylation sites (N-methyl/N-ethyl adjacent to an activating group) is 1. The highest BCUT2D eigenvalue weighted by molar-refractivity contribution is 5.32. The third-order valence-electron chi connectivity index (χ3n) is 4.27. The van der Waals surface area contributed by atoms with Crippen molar-refractivity contribution in [3.8, 4) is 0 Å². The zero-order valence-electron chi connectivity index (χ0n) is 11.6. The number of benzene rings is 1. The van der Waals surface area contributed by atoms with E-state index >= 15 is 0 Å². The molecule has 104 valence electrons. The summed E-state index contributed by atoms with van der Waals surface area (Å²) in [6.07, 6.45) is 2.35. The molecule has 1 saturated heterocycles. The topological polar surface area (TPSA) is 30.5 Å². The molecule has 0 saturated carbocycles. The van der Waals surface area contributed by atoms with Crippen LogP contribution in [-0.4, -0.2) is 32.4 Å². The van der Waals surface area contributed by atoms with Crippen LogP contribution in [0.4, 0.5) is 0 Å². The van der Waals surface area contributed by atoms with Crippen LogP contribution in [0.25, 0.3) is 0 Å². The number of ether oxygens (including phenoxy) is 2. The quantitative estimate of drug-likeness (QED) is 0.902. The first-order valence-corrected chi connectivity index (χ1v) is 7.40. The Hall–Kier alpha value is -0.900. The second-order valence-corrected chi connectivity index (χ2v) is 5.45. The van der Waals surface area contributed by atoms with E-state index < -0.39 is 0 Å². The van der Waals surface area contributed by atoms with Gasteiger partial charge in [0, 0.05) is 18.6 Å². The maximum absolute atomic E-state index is 6.11. The fraction of sp³-hybridized carbons (Fsp3) is 0.625. The first-order chi connectivity index (χ1) is 9.40. The Kier molecular flexibility index (Phi) is 4.16. The van der Waals surface area contributed by atoms with Crippen LogP contribution in [0.3, 0.4) is 0 Å². The van der Waals surface area contributed by atoms with Crippen molar-refractivity contribution in [2.45, 2.75) is 31.9 Å². The van der Waals surface area contributed by atoms with Gasteiger partial charge < -0.3 is 14.8 Å². The van der Waals surface area contributed by atoms with Crippen molar-refractivity contribution in [2.24, 2.45) is 5.92 Å². The largest absolute Gasteiger partial charge is 0.381 e. The summed E-state index contributed by atoms with van der Waals surface area (Å²) < 4.78 is 11.7. The minimum atomic E-state index is 0.177. The number of fused-ring (bicyclic) bond motifs is 1. The van der Waals surface area contributed by atoms with Gasteiger partial charge >= 0.3 is 0 Å². The average molecular weight is 261 g/mol. The van der Waals surface area contributed by atoms with Crippen LogP contribution < -0.4 is 5.32 Å². The predicted octanol–water partition coefficient (Wildman–Crippen LogP) is 2.32. The number of rotatable bonds is 4. The molecule has 1 aromatic rings. The van der Waals surface area contributed by atoms with E-state index in [2.05, 4.69) is 36.5 Å². The molecule has 3 unspecified atom stereocenters. The Morgan fingerprint density at radius 3 is 3.00 bits per heavy atom. The number of nitrogens with one attached hydrogen (secondary N) is 1. The van der Waals surface area contributed by atoms with Gasteiger partial charge in [0.25, 0.3) is 0 Å². The molecule has 3 atom stereocenters. The van der Waals surface area contributed by atoms with Gasteiger partial charge in [-0.15, -0.1) is 0 Å². The molecule has 0 amide bonds. The Bertz CT molecular complexity index is 415. The van der Waals surface area contributed by atoms with E-state index in [-0.39, 0.29) is 6.10 Å². The van der Waals surface area contributed by atoms with Crippen molar-refractivity contribution in [1.29, 1.82) is 0 Å². The van der Waals surface area contributed by atoms with Gasteiger partial charge in [0.1, 0.15) is 0 Å². The minimum Gasteiger partial charge on any atom is -0.381 e. The standard InChI is InChI=1S/C16H23NO2/c1-2-17-15(13-7-9-18-11-13)16-14-6-4-3-5-12(14)8-10-19-16/h3-6,13,15-17H,2,7-11H2,1H3. The second kappa shape index (κ2) is 6.04. The molecule has 0 aromatic heterocycles.